The van der Waals surface area contributed by atoms with Crippen LogP contribution in [0, 0.1) is 0 Å². The summed E-state index contributed by atoms with van der Waals surface area (Å²) in [5, 5.41) is 0. The van der Waals surface area contributed by atoms with Crippen LogP contribution in [0.25, 0.3) is 5.57 Å². The second kappa shape index (κ2) is 5.75. The molecule has 0 aliphatic carbocycles. The van der Waals surface area contributed by atoms with Gasteiger partial charge in [-0.1, -0.05) is 18.2 Å². The Morgan fingerprint density at radius 3 is 2.45 bits per heavy atom. The highest BCUT2D eigenvalue weighted by atomic mass is 32.2. The Labute approximate surface area is 126 Å². The molecule has 1 heterocycles. The third-order valence-electron chi connectivity index (χ3n) is 3.34. The number of hydrogen-bond acceptors (Lipinski definition) is 3. The van der Waals surface area contributed by atoms with Crippen LogP contribution in [-0.2, 0) is 21.0 Å². The van der Waals surface area contributed by atoms with E-state index in [0.29, 0.717) is 10.7 Å². The van der Waals surface area contributed by atoms with Crippen molar-refractivity contribution in [1.82, 2.24) is 4.31 Å². The average Bonchev–Trinajstić information content (AvgIpc) is 2.77. The quantitative estimate of drug-likeness (QED) is 0.782. The zero-order valence-corrected chi connectivity index (χ0v) is 12.5. The Hall–Kier alpha value is -1.83. The summed E-state index contributed by atoms with van der Waals surface area (Å²) in [6, 6.07) is 4.86. The molecule has 120 valence electrons. The second-order valence-electron chi connectivity index (χ2n) is 4.95. The van der Waals surface area contributed by atoms with Gasteiger partial charge in [0.1, 0.15) is 0 Å². The summed E-state index contributed by atoms with van der Waals surface area (Å²) in [5.74, 6) is -0.933. The van der Waals surface area contributed by atoms with Crippen LogP contribution in [0.3, 0.4) is 0 Å². The van der Waals surface area contributed by atoms with E-state index >= 15 is 0 Å². The summed E-state index contributed by atoms with van der Waals surface area (Å²) in [4.78, 5) is 12.0. The Morgan fingerprint density at radius 1 is 1.27 bits per heavy atom. The van der Waals surface area contributed by atoms with Crippen LogP contribution in [-0.4, -0.2) is 30.9 Å². The Balaban J connectivity index is 2.36. The summed E-state index contributed by atoms with van der Waals surface area (Å²) in [6.45, 7) is 1.41. The summed E-state index contributed by atoms with van der Waals surface area (Å²) >= 11 is 0. The van der Waals surface area contributed by atoms with Gasteiger partial charge in [-0.2, -0.15) is 13.2 Å². The van der Waals surface area contributed by atoms with Crippen molar-refractivity contribution in [2.75, 3.05) is 12.3 Å². The lowest BCUT2D eigenvalue weighted by molar-refractivity contribution is -0.137. The summed E-state index contributed by atoms with van der Waals surface area (Å²) in [5.41, 5.74) is -0.930. The molecule has 0 radical (unpaired) electrons. The fourth-order valence-corrected chi connectivity index (χ4v) is 3.74. The molecular weight excluding hydrogens is 319 g/mol. The minimum atomic E-state index is -4.55. The number of nitrogens with zero attached hydrogens (tertiary/aromatic N) is 1. The van der Waals surface area contributed by atoms with Crippen molar-refractivity contribution >= 4 is 21.5 Å². The summed E-state index contributed by atoms with van der Waals surface area (Å²) < 4.78 is 62.8. The van der Waals surface area contributed by atoms with Gasteiger partial charge in [0.25, 0.3) is 5.91 Å². The molecule has 1 aromatic carbocycles. The number of alkyl halides is 3. The summed E-state index contributed by atoms with van der Waals surface area (Å²) in [7, 11) is -3.64. The number of hydrogen-bond donors (Lipinski definition) is 0. The highest BCUT2D eigenvalue weighted by Gasteiger charge is 2.34. The molecular formula is C14H14F3NO3S. The van der Waals surface area contributed by atoms with E-state index in [1.807, 2.05) is 0 Å². The van der Waals surface area contributed by atoms with Gasteiger partial charge in [0, 0.05) is 12.6 Å². The van der Waals surface area contributed by atoms with Crippen LogP contribution in [0.15, 0.2) is 30.3 Å². The molecule has 1 saturated heterocycles. The van der Waals surface area contributed by atoms with Crippen molar-refractivity contribution in [3.05, 3.63) is 41.5 Å². The monoisotopic (exact) mass is 333 g/mol. The van der Waals surface area contributed by atoms with E-state index in [9.17, 15) is 26.4 Å². The van der Waals surface area contributed by atoms with E-state index in [2.05, 4.69) is 0 Å². The van der Waals surface area contributed by atoms with Crippen LogP contribution >= 0.6 is 0 Å². The largest absolute Gasteiger partial charge is 0.416 e. The van der Waals surface area contributed by atoms with E-state index in [4.69, 9.17) is 0 Å². The predicted molar refractivity (Wildman–Crippen MR) is 75.2 cm³/mol. The maximum absolute atomic E-state index is 13.0. The number of benzene rings is 1. The van der Waals surface area contributed by atoms with Crippen molar-refractivity contribution in [3.8, 4) is 0 Å². The minimum absolute atomic E-state index is 0.0614. The third kappa shape index (κ3) is 3.32. The van der Waals surface area contributed by atoms with E-state index in [1.54, 1.807) is 0 Å². The van der Waals surface area contributed by atoms with Crippen LogP contribution in [0.4, 0.5) is 13.2 Å². The van der Waals surface area contributed by atoms with Gasteiger partial charge in [0.15, 0.2) is 0 Å². The van der Waals surface area contributed by atoms with Gasteiger partial charge < -0.3 is 0 Å². The van der Waals surface area contributed by atoms with Gasteiger partial charge >= 0.3 is 6.18 Å². The van der Waals surface area contributed by atoms with Gasteiger partial charge in [-0.15, -0.1) is 0 Å². The van der Waals surface area contributed by atoms with Crippen molar-refractivity contribution in [2.24, 2.45) is 0 Å². The molecule has 1 aliphatic heterocycles. The molecule has 0 bridgehead atoms. The lowest BCUT2D eigenvalue weighted by Gasteiger charge is -2.15. The first-order valence-corrected chi connectivity index (χ1v) is 8.13. The molecule has 4 nitrogen and oxygen atoms in total. The average molecular weight is 333 g/mol. The number of sulfonamides is 1. The zero-order chi connectivity index (χ0) is 16.5. The van der Waals surface area contributed by atoms with E-state index in [-0.39, 0.29) is 23.4 Å². The molecule has 0 aromatic heterocycles. The predicted octanol–water partition coefficient (Wildman–Crippen LogP) is 2.67. The molecule has 1 fully saturated rings. The first kappa shape index (κ1) is 16.5. The first-order chi connectivity index (χ1) is 10.1. The van der Waals surface area contributed by atoms with Crippen LogP contribution in [0.1, 0.15) is 24.5 Å². The van der Waals surface area contributed by atoms with Gasteiger partial charge in [-0.3, -0.25) is 4.79 Å². The van der Waals surface area contributed by atoms with Crippen LogP contribution < -0.4 is 0 Å². The Morgan fingerprint density at radius 2 is 1.91 bits per heavy atom. The molecule has 0 N–H and O–H groups in total. The molecule has 0 spiro atoms. The van der Waals surface area contributed by atoms with E-state index in [1.165, 1.54) is 25.1 Å². The van der Waals surface area contributed by atoms with E-state index < -0.39 is 27.7 Å². The Kier molecular flexibility index (Phi) is 4.32. The second-order valence-corrected chi connectivity index (χ2v) is 6.96. The zero-order valence-electron chi connectivity index (χ0n) is 11.7. The maximum atomic E-state index is 13.0. The SMILES string of the molecule is C/C(=C/C(=O)N1CCCS1(=O)=O)c1ccccc1C(F)(F)F. The van der Waals surface area contributed by atoms with Crippen LogP contribution in [0.5, 0.6) is 0 Å². The highest BCUT2D eigenvalue weighted by Crippen LogP contribution is 2.34. The number of carbonyl (C=O) groups excluding carboxylic acids is 1. The number of amides is 1. The third-order valence-corrected chi connectivity index (χ3v) is 5.18. The van der Waals surface area contributed by atoms with Crippen molar-refractivity contribution in [1.29, 1.82) is 0 Å². The molecule has 1 amide bonds. The minimum Gasteiger partial charge on any atom is -0.269 e. The molecule has 1 aromatic rings. The Bertz CT molecular complexity index is 723. The van der Waals surface area contributed by atoms with E-state index in [0.717, 1.165) is 12.1 Å². The fraction of sp³-hybridized carbons (Fsp3) is 0.357. The lowest BCUT2D eigenvalue weighted by Crippen LogP contribution is -2.31. The molecule has 0 atom stereocenters. The standard InChI is InChI=1S/C14H14F3NO3S/c1-10(9-13(19)18-7-4-8-22(18,20)21)11-5-2-3-6-12(11)14(15,16)17/h2-3,5-6,9H,4,7-8H2,1H3/b10-9-. The molecule has 1 aliphatic rings. The van der Waals surface area contributed by atoms with Gasteiger partial charge in [0.05, 0.1) is 11.3 Å². The maximum Gasteiger partial charge on any atom is 0.416 e. The van der Waals surface area contributed by atoms with Crippen molar-refractivity contribution in [3.63, 3.8) is 0 Å². The number of carbonyl (C=O) groups is 1. The van der Waals surface area contributed by atoms with Gasteiger partial charge in [-0.25, -0.2) is 12.7 Å². The van der Waals surface area contributed by atoms with Gasteiger partial charge in [0.2, 0.25) is 10.0 Å². The normalized spacial score (nSPS) is 18.5. The molecule has 2 rings (SSSR count). The number of rotatable bonds is 2. The van der Waals surface area contributed by atoms with Gasteiger partial charge in [-0.05, 0) is 30.5 Å². The smallest absolute Gasteiger partial charge is 0.269 e. The van der Waals surface area contributed by atoms with Crippen molar-refractivity contribution in [2.45, 2.75) is 19.5 Å². The fourth-order valence-electron chi connectivity index (χ4n) is 2.30. The summed E-state index contributed by atoms with van der Waals surface area (Å²) in [6.07, 6.45) is -3.28. The highest BCUT2D eigenvalue weighted by molar-refractivity contribution is 7.89. The molecule has 0 unspecified atom stereocenters. The van der Waals surface area contributed by atoms with Crippen LogP contribution in [0.2, 0.25) is 0 Å². The number of allylic oxidation sites excluding steroid dienone is 1. The molecule has 8 heteroatoms. The number of halogens is 3. The topological polar surface area (TPSA) is 54.5 Å². The molecule has 22 heavy (non-hydrogen) atoms. The van der Waals surface area contributed by atoms with Crippen molar-refractivity contribution < 1.29 is 26.4 Å². The molecule has 0 saturated carbocycles. The first-order valence-electron chi connectivity index (χ1n) is 6.52. The lowest BCUT2D eigenvalue weighted by atomic mass is 10.00.